The second kappa shape index (κ2) is 8.93. The maximum absolute atomic E-state index is 11.7. The summed E-state index contributed by atoms with van der Waals surface area (Å²) in [5.74, 6) is 2.30. The third-order valence-electron chi connectivity index (χ3n) is 2.10. The molecule has 0 spiro atoms. The van der Waals surface area contributed by atoms with Gasteiger partial charge in [-0.1, -0.05) is 19.8 Å². The molecule has 0 aromatic carbocycles. The normalized spacial score (nSPS) is 9.56. The second-order valence-corrected chi connectivity index (χ2v) is 3.52. The van der Waals surface area contributed by atoms with Crippen LogP contribution < -0.4 is 5.32 Å². The second-order valence-electron chi connectivity index (χ2n) is 3.52. The van der Waals surface area contributed by atoms with Crippen molar-refractivity contribution in [2.75, 3.05) is 26.2 Å². The molecule has 16 heavy (non-hydrogen) atoms. The molecule has 0 rings (SSSR count). The largest absolute Gasteiger partial charge is 0.323 e. The van der Waals surface area contributed by atoms with Crippen molar-refractivity contribution in [2.24, 2.45) is 0 Å². The van der Waals surface area contributed by atoms with Crippen LogP contribution in [0.1, 0.15) is 26.7 Å². The van der Waals surface area contributed by atoms with Gasteiger partial charge in [0.15, 0.2) is 5.78 Å². The van der Waals surface area contributed by atoms with Gasteiger partial charge in [0, 0.05) is 6.42 Å². The van der Waals surface area contributed by atoms with Gasteiger partial charge in [-0.05, 0) is 13.0 Å². The van der Waals surface area contributed by atoms with Gasteiger partial charge in [0.2, 0.25) is 5.91 Å². The minimum atomic E-state index is -0.117. The molecule has 0 bridgehead atoms. The van der Waals surface area contributed by atoms with E-state index in [0.29, 0.717) is 6.42 Å². The molecule has 0 unspecified atom stereocenters. The zero-order chi connectivity index (χ0) is 12.4. The number of hydrogen-bond acceptors (Lipinski definition) is 3. The van der Waals surface area contributed by atoms with E-state index in [1.54, 1.807) is 6.92 Å². The lowest BCUT2D eigenvalue weighted by Gasteiger charge is -2.19. The highest BCUT2D eigenvalue weighted by Crippen LogP contribution is 1.92. The number of nitrogens with zero attached hydrogens (tertiary/aromatic N) is 1. The van der Waals surface area contributed by atoms with E-state index >= 15 is 0 Å². The lowest BCUT2D eigenvalue weighted by atomic mass is 10.3. The third-order valence-corrected chi connectivity index (χ3v) is 2.10. The first-order valence-corrected chi connectivity index (χ1v) is 5.59. The molecule has 0 radical (unpaired) electrons. The molecular weight excluding hydrogens is 204 g/mol. The number of carbonyl (C=O) groups excluding carboxylic acids is 2. The Morgan fingerprint density at radius 3 is 2.56 bits per heavy atom. The Kier molecular flexibility index (Phi) is 8.18. The summed E-state index contributed by atoms with van der Waals surface area (Å²) in [5.41, 5.74) is 0. The van der Waals surface area contributed by atoms with E-state index in [4.69, 9.17) is 6.42 Å². The molecule has 0 heterocycles. The molecule has 0 saturated carbocycles. The summed E-state index contributed by atoms with van der Waals surface area (Å²) in [6.07, 6.45) is 6.56. The van der Waals surface area contributed by atoms with E-state index in [9.17, 15) is 9.59 Å². The van der Waals surface area contributed by atoms with Crippen LogP contribution in [0.2, 0.25) is 0 Å². The Bertz CT molecular complexity index is 269. The van der Waals surface area contributed by atoms with Crippen LogP contribution in [0.3, 0.4) is 0 Å². The number of hydrogen-bond donors (Lipinski definition) is 1. The zero-order valence-electron chi connectivity index (χ0n) is 10.1. The first kappa shape index (κ1) is 14.7. The first-order chi connectivity index (χ1) is 7.65. The Balaban J connectivity index is 4.13. The van der Waals surface area contributed by atoms with Crippen LogP contribution in [0.4, 0.5) is 0 Å². The van der Waals surface area contributed by atoms with Gasteiger partial charge in [-0.15, -0.1) is 6.42 Å². The van der Waals surface area contributed by atoms with E-state index in [1.807, 2.05) is 6.92 Å². The summed E-state index contributed by atoms with van der Waals surface area (Å²) in [6.45, 7) is 5.14. The number of carbonyl (C=O) groups is 2. The van der Waals surface area contributed by atoms with Crippen LogP contribution >= 0.6 is 0 Å². The first-order valence-electron chi connectivity index (χ1n) is 5.59. The predicted octanol–water partition coefficient (Wildman–Crippen LogP) is 0.427. The van der Waals surface area contributed by atoms with Crippen LogP contribution in [-0.2, 0) is 9.59 Å². The number of nitrogens with one attached hydrogen (secondary N) is 1. The summed E-state index contributed by atoms with van der Waals surface area (Å²) in [6, 6.07) is 0. The minimum absolute atomic E-state index is 0.0269. The van der Waals surface area contributed by atoms with Gasteiger partial charge in [0.25, 0.3) is 0 Å². The van der Waals surface area contributed by atoms with Crippen molar-refractivity contribution in [3.63, 3.8) is 0 Å². The Morgan fingerprint density at radius 1 is 1.38 bits per heavy atom. The van der Waals surface area contributed by atoms with Crippen molar-refractivity contribution in [1.29, 1.82) is 0 Å². The molecule has 0 atom stereocenters. The molecule has 90 valence electrons. The molecule has 1 amide bonds. The van der Waals surface area contributed by atoms with E-state index in [0.717, 1.165) is 13.0 Å². The molecule has 0 aromatic rings. The number of amides is 1. The van der Waals surface area contributed by atoms with Crippen molar-refractivity contribution < 1.29 is 9.59 Å². The summed E-state index contributed by atoms with van der Waals surface area (Å²) in [4.78, 5) is 24.3. The number of terminal acetylenes is 1. The molecule has 4 nitrogen and oxygen atoms in total. The van der Waals surface area contributed by atoms with Gasteiger partial charge in [-0.25, -0.2) is 0 Å². The fourth-order valence-corrected chi connectivity index (χ4v) is 1.15. The molecule has 0 aromatic heterocycles. The highest BCUT2D eigenvalue weighted by atomic mass is 16.2. The van der Waals surface area contributed by atoms with Gasteiger partial charge in [0.1, 0.15) is 0 Å². The van der Waals surface area contributed by atoms with Crippen LogP contribution in [0.15, 0.2) is 0 Å². The van der Waals surface area contributed by atoms with Crippen LogP contribution in [0, 0.1) is 12.3 Å². The van der Waals surface area contributed by atoms with Gasteiger partial charge in [-0.3, -0.25) is 9.59 Å². The SMILES string of the molecule is C#CCN(CC(=O)CC)C(=O)CNCCC. The maximum Gasteiger partial charge on any atom is 0.237 e. The van der Waals surface area contributed by atoms with Gasteiger partial charge in [0.05, 0.1) is 19.6 Å². The third kappa shape index (κ3) is 6.20. The van der Waals surface area contributed by atoms with Gasteiger partial charge >= 0.3 is 0 Å². The maximum atomic E-state index is 11.7. The minimum Gasteiger partial charge on any atom is -0.323 e. The van der Waals surface area contributed by atoms with E-state index in [2.05, 4.69) is 11.2 Å². The van der Waals surface area contributed by atoms with E-state index < -0.39 is 0 Å². The van der Waals surface area contributed by atoms with Gasteiger partial charge < -0.3 is 10.2 Å². The smallest absolute Gasteiger partial charge is 0.237 e. The topological polar surface area (TPSA) is 49.4 Å². The van der Waals surface area contributed by atoms with Crippen LogP contribution in [-0.4, -0.2) is 42.8 Å². The lowest BCUT2D eigenvalue weighted by Crippen LogP contribution is -2.41. The highest BCUT2D eigenvalue weighted by molar-refractivity contribution is 5.86. The highest BCUT2D eigenvalue weighted by Gasteiger charge is 2.14. The monoisotopic (exact) mass is 224 g/mol. The van der Waals surface area contributed by atoms with Gasteiger partial charge in [-0.2, -0.15) is 0 Å². The van der Waals surface area contributed by atoms with Crippen molar-refractivity contribution in [2.45, 2.75) is 26.7 Å². The van der Waals surface area contributed by atoms with Crippen molar-refractivity contribution in [3.8, 4) is 12.3 Å². The molecule has 4 heteroatoms. The fraction of sp³-hybridized carbons (Fsp3) is 0.667. The predicted molar refractivity (Wildman–Crippen MR) is 63.9 cm³/mol. The standard InChI is InChI=1S/C12H20N2O2/c1-4-7-13-9-12(16)14(8-5-2)10-11(15)6-3/h2,13H,4,6-10H2,1,3H3. The molecule has 1 N–H and O–H groups in total. The van der Waals surface area contributed by atoms with Crippen LogP contribution in [0.25, 0.3) is 0 Å². The number of Topliss-reactive ketones (excluding diaryl/α,β-unsaturated/α-hetero) is 1. The van der Waals surface area contributed by atoms with Crippen LogP contribution in [0.5, 0.6) is 0 Å². The van der Waals surface area contributed by atoms with Crippen molar-refractivity contribution in [3.05, 3.63) is 0 Å². The Hall–Kier alpha value is -1.34. The Morgan fingerprint density at radius 2 is 2.06 bits per heavy atom. The molecular formula is C12H20N2O2. The molecule has 0 aliphatic heterocycles. The Labute approximate surface area is 97.4 Å². The molecule has 0 aliphatic rings. The summed E-state index contributed by atoms with van der Waals surface area (Å²) < 4.78 is 0. The zero-order valence-corrected chi connectivity index (χ0v) is 10.1. The fourth-order valence-electron chi connectivity index (χ4n) is 1.15. The molecule has 0 saturated heterocycles. The summed E-state index contributed by atoms with van der Waals surface area (Å²) in [7, 11) is 0. The summed E-state index contributed by atoms with van der Waals surface area (Å²) in [5, 5.41) is 2.99. The average Bonchev–Trinajstić information content (AvgIpc) is 2.28. The van der Waals surface area contributed by atoms with Crippen molar-refractivity contribution >= 4 is 11.7 Å². The summed E-state index contributed by atoms with van der Waals surface area (Å²) >= 11 is 0. The van der Waals surface area contributed by atoms with E-state index in [-0.39, 0.29) is 31.3 Å². The quantitative estimate of drug-likeness (QED) is 0.480. The number of rotatable bonds is 8. The molecule has 0 fully saturated rings. The molecule has 0 aliphatic carbocycles. The number of ketones is 1. The van der Waals surface area contributed by atoms with E-state index in [1.165, 1.54) is 4.90 Å². The van der Waals surface area contributed by atoms with Crippen molar-refractivity contribution in [1.82, 2.24) is 10.2 Å². The average molecular weight is 224 g/mol. The lowest BCUT2D eigenvalue weighted by molar-refractivity contribution is -0.133.